The van der Waals surface area contributed by atoms with Gasteiger partial charge in [-0.05, 0) is 72.8 Å². The van der Waals surface area contributed by atoms with Crippen molar-refractivity contribution in [1.82, 2.24) is 19.7 Å². The van der Waals surface area contributed by atoms with Gasteiger partial charge in [0.1, 0.15) is 73.7 Å². The second-order valence-corrected chi connectivity index (χ2v) is 21.5. The number of imidazole rings is 1. The van der Waals surface area contributed by atoms with Crippen LogP contribution in [0.5, 0.6) is 23.0 Å². The number of rotatable bonds is 20. The Morgan fingerprint density at radius 1 is 0.633 bits per heavy atom. The highest BCUT2D eigenvalue weighted by atomic mass is 32.2. The van der Waals surface area contributed by atoms with E-state index < -0.39 is 108 Å². The smallest absolute Gasteiger partial charge is 0.356 e. The van der Waals surface area contributed by atoms with Crippen LogP contribution >= 0.6 is 0 Å². The van der Waals surface area contributed by atoms with Crippen LogP contribution in [0.4, 0.5) is 34.1 Å². The zero-order valence-corrected chi connectivity index (χ0v) is 42.9. The molecule has 10 N–H and O–H groups in total. The number of azo groups is 3. The van der Waals surface area contributed by atoms with Crippen LogP contribution in [0, 0.1) is 0 Å². The molecule has 0 aliphatic heterocycles. The number of hydrogen-bond acceptors (Lipinski definition) is 23. The number of H-pyrrole nitrogens is 2. The third kappa shape index (κ3) is 12.0. The molecule has 6 aromatic carbocycles. The number of fused-ring (bicyclic) bond motifs is 3. The summed E-state index contributed by atoms with van der Waals surface area (Å²) < 4.78 is 156. The normalized spacial score (nSPS) is 12.6. The number of aromatic amines is 2. The lowest BCUT2D eigenvalue weighted by atomic mass is 10.1. The maximum absolute atomic E-state index is 13.3. The van der Waals surface area contributed by atoms with Gasteiger partial charge >= 0.3 is 5.97 Å². The average Bonchev–Trinajstić information content (AvgIpc) is 4.01. The molecule has 2 aromatic heterocycles. The van der Waals surface area contributed by atoms with Gasteiger partial charge in [0.25, 0.3) is 46.0 Å². The second-order valence-electron chi connectivity index (χ2n) is 15.9. The molecule has 31 nitrogen and oxygen atoms in total. The molecule has 0 saturated heterocycles. The van der Waals surface area contributed by atoms with Crippen molar-refractivity contribution in [3.8, 4) is 40.1 Å². The van der Waals surface area contributed by atoms with Gasteiger partial charge in [0, 0.05) is 34.5 Å². The molecule has 0 unspecified atom stereocenters. The van der Waals surface area contributed by atoms with Crippen LogP contribution in [0.25, 0.3) is 38.9 Å². The summed E-state index contributed by atoms with van der Waals surface area (Å²) in [4.78, 5) is 29.5. The molecule has 0 saturated carbocycles. The third-order valence-electron chi connectivity index (χ3n) is 10.9. The van der Waals surface area contributed by atoms with Crippen molar-refractivity contribution < 1.29 is 91.3 Å². The highest BCUT2D eigenvalue weighted by molar-refractivity contribution is 7.86. The van der Waals surface area contributed by atoms with Crippen LogP contribution in [-0.4, -0.2) is 132 Å². The van der Waals surface area contributed by atoms with E-state index in [2.05, 4.69) is 45.8 Å². The van der Waals surface area contributed by atoms with Crippen molar-refractivity contribution >= 4 is 102 Å². The lowest BCUT2D eigenvalue weighted by Crippen LogP contribution is -2.14. The molecule has 8 rings (SSSR count). The number of phenols is 1. The molecular formula is C44H36N10O21S4. The first-order valence-electron chi connectivity index (χ1n) is 21.7. The molecule has 35 heteroatoms. The number of nitrogens with zero attached hydrogens (tertiary/aromatic N) is 8. The van der Waals surface area contributed by atoms with Crippen molar-refractivity contribution in [2.75, 3.05) is 33.5 Å². The first-order valence-corrected chi connectivity index (χ1v) is 27.5. The number of carboxylic acids is 1. The Morgan fingerprint density at radius 2 is 1.23 bits per heavy atom. The summed E-state index contributed by atoms with van der Waals surface area (Å²) in [7, 11) is -18.8. The number of benzene rings is 6. The Balaban J connectivity index is 1.18. The number of aromatic carboxylic acids is 1. The van der Waals surface area contributed by atoms with Crippen LogP contribution in [0.1, 0.15) is 10.5 Å². The Kier molecular flexibility index (Phi) is 15.6. The fraction of sp³-hybridized carbons (Fsp3) is 0.114. The molecule has 8 aromatic rings. The molecule has 0 fully saturated rings. The number of carboxylic acid groups (broad SMARTS) is 1. The standard InChI is InChI=1S/C44H36N10O21S4/c1-73-23-5-10-28(35(17-23)78(67,68)69)48-49-30-19-33(75-15-13-56)31(20-32(30)74-14-12-55)50-51-38-36(79(70,71)72)18-27-25(41(38)57)9-11-29-37(27)46-42(45-29)26-8-2-21(16-34(26)77(64,65)66)47-52-39-40(44(59)60)53-54(43(39)58)22-3-6-24(7-4-22)76(61,62)63/h2-11,16-20,53,55-57H,12-15H2,1H3,(H,45,46)(H,59,60)(H,61,62,63)(H,64,65,66)(H,67,68,69)(H,70,71,72). The van der Waals surface area contributed by atoms with Crippen LogP contribution in [0.3, 0.4) is 0 Å². The van der Waals surface area contributed by atoms with Crippen LogP contribution < -0.4 is 19.8 Å². The second kappa shape index (κ2) is 21.8. The molecule has 0 bridgehead atoms. The highest BCUT2D eigenvalue weighted by Crippen LogP contribution is 2.46. The Labute approximate surface area is 442 Å². The number of methoxy groups -OCH3 is 1. The summed E-state index contributed by atoms with van der Waals surface area (Å²) >= 11 is 0. The minimum Gasteiger partial charge on any atom is -0.505 e. The zero-order chi connectivity index (χ0) is 57.4. The fourth-order valence-electron chi connectivity index (χ4n) is 7.38. The van der Waals surface area contributed by atoms with Crippen molar-refractivity contribution in [1.29, 1.82) is 0 Å². The predicted molar refractivity (Wildman–Crippen MR) is 270 cm³/mol. The molecule has 0 aliphatic carbocycles. The van der Waals surface area contributed by atoms with Gasteiger partial charge in [0.2, 0.25) is 0 Å². The number of ether oxygens (including phenoxy) is 3. The van der Waals surface area contributed by atoms with Crippen molar-refractivity contribution in [2.24, 2.45) is 30.7 Å². The molecule has 412 valence electrons. The number of aliphatic hydroxyl groups is 2. The van der Waals surface area contributed by atoms with E-state index in [4.69, 9.17) is 14.2 Å². The highest BCUT2D eigenvalue weighted by Gasteiger charge is 2.27. The molecule has 79 heavy (non-hydrogen) atoms. The fourth-order valence-corrected chi connectivity index (χ4v) is 9.86. The lowest BCUT2D eigenvalue weighted by Gasteiger charge is -2.13. The van der Waals surface area contributed by atoms with Gasteiger partial charge in [0.15, 0.2) is 17.1 Å². The third-order valence-corrected chi connectivity index (χ3v) is 14.4. The number of aliphatic hydroxyl groups excluding tert-OH is 2. The summed E-state index contributed by atoms with van der Waals surface area (Å²) in [5, 5.41) is 65.9. The van der Waals surface area contributed by atoms with E-state index >= 15 is 0 Å². The maximum atomic E-state index is 13.3. The molecule has 0 atom stereocenters. The number of nitrogens with one attached hydrogen (secondary N) is 2. The summed E-state index contributed by atoms with van der Waals surface area (Å²) in [6.07, 6.45) is 0. The van der Waals surface area contributed by atoms with E-state index in [0.29, 0.717) is 4.68 Å². The molecule has 0 radical (unpaired) electrons. The number of carbonyl (C=O) groups is 1. The van der Waals surface area contributed by atoms with Crippen LogP contribution in [0.2, 0.25) is 0 Å². The van der Waals surface area contributed by atoms with Gasteiger partial charge in [-0.2, -0.15) is 38.8 Å². The van der Waals surface area contributed by atoms with Gasteiger partial charge < -0.3 is 39.6 Å². The van der Waals surface area contributed by atoms with Gasteiger partial charge in [0.05, 0.1) is 47.6 Å². The number of phenolic OH excluding ortho intramolecular Hbond substituents is 1. The molecule has 0 amide bonds. The van der Waals surface area contributed by atoms with Crippen molar-refractivity contribution in [3.05, 3.63) is 107 Å². The maximum Gasteiger partial charge on any atom is 0.356 e. The Morgan fingerprint density at radius 3 is 1.80 bits per heavy atom. The first-order chi connectivity index (χ1) is 37.2. The van der Waals surface area contributed by atoms with Crippen LogP contribution in [-0.2, 0) is 40.5 Å². The molecule has 2 heterocycles. The summed E-state index contributed by atoms with van der Waals surface area (Å²) in [6, 6.07) is 16.1. The van der Waals surface area contributed by atoms with Gasteiger partial charge in [-0.3, -0.25) is 28.1 Å². The number of aromatic nitrogens is 4. The summed E-state index contributed by atoms with van der Waals surface area (Å²) in [5.41, 5.74) is -5.31. The Bertz CT molecular complexity index is 4410. The van der Waals surface area contributed by atoms with Gasteiger partial charge in [-0.1, -0.05) is 0 Å². The molecule has 0 spiro atoms. The summed E-state index contributed by atoms with van der Waals surface area (Å²) in [6.45, 7) is -1.85. The largest absolute Gasteiger partial charge is 0.505 e. The topological polar surface area (TPSA) is 484 Å². The quantitative estimate of drug-likeness (QED) is 0.0298. The molecule has 0 aliphatic rings. The minimum absolute atomic E-state index is 0.0516. The van der Waals surface area contributed by atoms with E-state index in [1.54, 1.807) is 0 Å². The van der Waals surface area contributed by atoms with E-state index in [-0.39, 0.29) is 92.1 Å². The van der Waals surface area contributed by atoms with Crippen LogP contribution in [0.15, 0.2) is 146 Å². The van der Waals surface area contributed by atoms with E-state index in [9.17, 15) is 81.9 Å². The Hall–Kier alpha value is -8.91. The predicted octanol–water partition coefficient (Wildman–Crippen LogP) is 6.25. The van der Waals surface area contributed by atoms with Gasteiger partial charge in [-0.15, -0.1) is 25.6 Å². The first kappa shape index (κ1) is 56.3. The van der Waals surface area contributed by atoms with Crippen molar-refractivity contribution in [2.45, 2.75) is 19.6 Å². The van der Waals surface area contributed by atoms with E-state index in [0.717, 1.165) is 66.7 Å². The molecular weight excluding hydrogens is 1130 g/mol. The zero-order valence-electron chi connectivity index (χ0n) is 39.6. The minimum atomic E-state index is -5.34. The van der Waals surface area contributed by atoms with Gasteiger partial charge in [-0.25, -0.2) is 14.5 Å². The number of hydrogen-bond donors (Lipinski definition) is 10. The summed E-state index contributed by atoms with van der Waals surface area (Å²) in [5.74, 6) is -3.31. The SMILES string of the molecule is COc1ccc(N=Nc2cc(OCCO)c(N=Nc3c(S(=O)(=O)O)cc4c(ccc5[nH]c(-c6ccc(N=Nc7c(C(=O)O)[nH]n(-c8ccc(S(=O)(=O)O)cc8)c7=O)cc6S(=O)(=O)O)nc54)c3O)cc2OCCO)c(S(=O)(=O)O)c1. The van der Waals surface area contributed by atoms with Crippen molar-refractivity contribution in [3.63, 3.8) is 0 Å². The van der Waals surface area contributed by atoms with E-state index in [1.807, 2.05) is 0 Å². The lowest BCUT2D eigenvalue weighted by molar-refractivity contribution is 0.0690. The van der Waals surface area contributed by atoms with E-state index in [1.165, 1.54) is 31.4 Å². The number of aromatic hydroxyl groups is 1. The monoisotopic (exact) mass is 1170 g/mol. The average molecular weight is 1170 g/mol.